The van der Waals surface area contributed by atoms with E-state index in [0.29, 0.717) is 6.61 Å². The highest BCUT2D eigenvalue weighted by Crippen LogP contribution is 2.41. The van der Waals surface area contributed by atoms with Gasteiger partial charge in [-0.05, 0) is 59.2 Å². The molecule has 2 aliphatic rings. The van der Waals surface area contributed by atoms with Crippen molar-refractivity contribution in [1.29, 1.82) is 0 Å². The molecule has 2 unspecified atom stereocenters. The third-order valence-corrected chi connectivity index (χ3v) is 6.84. The van der Waals surface area contributed by atoms with Gasteiger partial charge in [0, 0.05) is 10.7 Å². The van der Waals surface area contributed by atoms with E-state index in [9.17, 15) is 4.79 Å². The van der Waals surface area contributed by atoms with Crippen LogP contribution in [0.2, 0.25) is 0 Å². The first-order chi connectivity index (χ1) is 13.8. The van der Waals surface area contributed by atoms with E-state index in [0.717, 1.165) is 24.8 Å². The highest BCUT2D eigenvalue weighted by atomic mass is 32.1. The second-order valence-electron chi connectivity index (χ2n) is 7.64. The van der Waals surface area contributed by atoms with Crippen LogP contribution >= 0.6 is 11.3 Å². The van der Waals surface area contributed by atoms with Crippen molar-refractivity contribution in [3.8, 4) is 0 Å². The van der Waals surface area contributed by atoms with Crippen molar-refractivity contribution in [3.63, 3.8) is 0 Å². The molecule has 0 N–H and O–H groups in total. The van der Waals surface area contributed by atoms with Crippen LogP contribution in [-0.2, 0) is 11.3 Å². The number of ether oxygens (including phenoxy) is 1. The van der Waals surface area contributed by atoms with E-state index < -0.39 is 0 Å². The SMILES string of the molecule is O=C(OCc1ccccc1)N1C2C=C(c3csc4ccccc34)CC1CCC2. The summed E-state index contributed by atoms with van der Waals surface area (Å²) >= 11 is 1.80. The Morgan fingerprint density at radius 2 is 1.89 bits per heavy atom. The molecule has 3 nitrogen and oxygen atoms in total. The summed E-state index contributed by atoms with van der Waals surface area (Å²) < 4.78 is 6.99. The van der Waals surface area contributed by atoms with Crippen LogP contribution in [0.3, 0.4) is 0 Å². The molecule has 3 heterocycles. The van der Waals surface area contributed by atoms with Crippen LogP contribution in [-0.4, -0.2) is 23.1 Å². The van der Waals surface area contributed by atoms with Gasteiger partial charge in [-0.1, -0.05) is 54.6 Å². The molecule has 0 aliphatic carbocycles. The molecule has 0 spiro atoms. The first-order valence-electron chi connectivity index (χ1n) is 9.96. The van der Waals surface area contributed by atoms with Gasteiger partial charge in [-0.2, -0.15) is 0 Å². The fourth-order valence-electron chi connectivity index (χ4n) is 4.53. The van der Waals surface area contributed by atoms with Crippen molar-refractivity contribution < 1.29 is 9.53 Å². The normalized spacial score (nSPS) is 21.4. The monoisotopic (exact) mass is 389 g/mol. The zero-order valence-corrected chi connectivity index (χ0v) is 16.5. The van der Waals surface area contributed by atoms with Gasteiger partial charge in [-0.15, -0.1) is 11.3 Å². The largest absolute Gasteiger partial charge is 0.445 e. The molecule has 2 bridgehead atoms. The number of piperidine rings is 1. The van der Waals surface area contributed by atoms with E-state index >= 15 is 0 Å². The molecule has 0 saturated carbocycles. The highest BCUT2D eigenvalue weighted by Gasteiger charge is 2.38. The minimum Gasteiger partial charge on any atom is -0.445 e. The van der Waals surface area contributed by atoms with Gasteiger partial charge < -0.3 is 4.74 Å². The standard InChI is InChI=1S/C24H23NO2S/c26-24(27-15-17-7-2-1-3-8-17)25-19-9-6-10-20(25)14-18(13-19)22-16-28-23-12-5-4-11-21(22)23/h1-5,7-8,11-13,16,19-20H,6,9-10,14-15H2. The topological polar surface area (TPSA) is 29.5 Å². The lowest BCUT2D eigenvalue weighted by Crippen LogP contribution is -2.51. The van der Waals surface area contributed by atoms with E-state index in [1.807, 2.05) is 35.2 Å². The van der Waals surface area contributed by atoms with Crippen molar-refractivity contribution in [2.45, 2.75) is 44.4 Å². The Bertz CT molecular complexity index is 1020. The third kappa shape index (κ3) is 3.22. The Kier molecular flexibility index (Phi) is 4.65. The van der Waals surface area contributed by atoms with Gasteiger partial charge in [0.2, 0.25) is 0 Å². The molecule has 1 fully saturated rings. The van der Waals surface area contributed by atoms with Crippen molar-refractivity contribution in [2.24, 2.45) is 0 Å². The van der Waals surface area contributed by atoms with Gasteiger partial charge in [0.25, 0.3) is 0 Å². The number of nitrogens with zero attached hydrogens (tertiary/aromatic N) is 1. The fourth-order valence-corrected chi connectivity index (χ4v) is 5.52. The van der Waals surface area contributed by atoms with Crippen LogP contribution < -0.4 is 0 Å². The van der Waals surface area contributed by atoms with Crippen LogP contribution in [0.25, 0.3) is 15.7 Å². The molecule has 2 aromatic carbocycles. The number of amides is 1. The van der Waals surface area contributed by atoms with Gasteiger partial charge in [0.15, 0.2) is 0 Å². The quantitative estimate of drug-likeness (QED) is 0.530. The number of carbonyl (C=O) groups is 1. The van der Waals surface area contributed by atoms with Gasteiger partial charge in [-0.25, -0.2) is 4.79 Å². The zero-order valence-electron chi connectivity index (χ0n) is 15.7. The van der Waals surface area contributed by atoms with Crippen molar-refractivity contribution in [3.05, 3.63) is 77.2 Å². The molecule has 2 atom stereocenters. The maximum atomic E-state index is 12.9. The fraction of sp³-hybridized carbons (Fsp3) is 0.292. The number of rotatable bonds is 3. The maximum absolute atomic E-state index is 12.9. The zero-order chi connectivity index (χ0) is 18.9. The van der Waals surface area contributed by atoms with E-state index in [1.54, 1.807) is 11.3 Å². The van der Waals surface area contributed by atoms with Gasteiger partial charge in [-0.3, -0.25) is 4.90 Å². The summed E-state index contributed by atoms with van der Waals surface area (Å²) in [4.78, 5) is 14.9. The Hall–Kier alpha value is -2.59. The van der Waals surface area contributed by atoms with Crippen molar-refractivity contribution in [2.75, 3.05) is 0 Å². The molecule has 1 saturated heterocycles. The number of hydrogen-bond acceptors (Lipinski definition) is 3. The van der Waals surface area contributed by atoms with E-state index in [2.05, 4.69) is 35.7 Å². The van der Waals surface area contributed by atoms with E-state index in [1.165, 1.54) is 27.6 Å². The Morgan fingerprint density at radius 3 is 2.75 bits per heavy atom. The lowest BCUT2D eigenvalue weighted by molar-refractivity contribution is 0.0510. The summed E-state index contributed by atoms with van der Waals surface area (Å²) in [6.45, 7) is 0.335. The van der Waals surface area contributed by atoms with Crippen molar-refractivity contribution >= 4 is 33.1 Å². The summed E-state index contributed by atoms with van der Waals surface area (Å²) in [7, 11) is 0. The predicted molar refractivity (Wildman–Crippen MR) is 114 cm³/mol. The van der Waals surface area contributed by atoms with Gasteiger partial charge >= 0.3 is 6.09 Å². The number of hydrogen-bond donors (Lipinski definition) is 0. The number of fused-ring (bicyclic) bond motifs is 3. The van der Waals surface area contributed by atoms with Gasteiger partial charge in [0.1, 0.15) is 6.61 Å². The predicted octanol–water partition coefficient (Wildman–Crippen LogP) is 6.25. The minimum absolute atomic E-state index is 0.143. The number of thiophene rings is 1. The first kappa shape index (κ1) is 17.5. The summed E-state index contributed by atoms with van der Waals surface area (Å²) in [5.74, 6) is 0. The molecule has 5 rings (SSSR count). The third-order valence-electron chi connectivity index (χ3n) is 5.88. The smallest absolute Gasteiger partial charge is 0.410 e. The number of benzene rings is 2. The van der Waals surface area contributed by atoms with Crippen molar-refractivity contribution in [1.82, 2.24) is 4.90 Å². The molecular formula is C24H23NO2S. The molecule has 28 heavy (non-hydrogen) atoms. The Labute approximate surface area is 169 Å². The van der Waals surface area contributed by atoms with Crippen LogP contribution in [0.1, 0.15) is 36.8 Å². The summed E-state index contributed by atoms with van der Waals surface area (Å²) in [5.41, 5.74) is 3.76. The van der Waals surface area contributed by atoms with Crippen LogP contribution in [0.15, 0.2) is 66.1 Å². The molecule has 142 valence electrons. The molecule has 3 aromatic rings. The van der Waals surface area contributed by atoms with E-state index in [4.69, 9.17) is 4.74 Å². The minimum atomic E-state index is -0.177. The number of carbonyl (C=O) groups excluding carboxylic acids is 1. The lowest BCUT2D eigenvalue weighted by Gasteiger charge is -2.44. The highest BCUT2D eigenvalue weighted by molar-refractivity contribution is 7.17. The first-order valence-corrected chi connectivity index (χ1v) is 10.8. The molecule has 0 radical (unpaired) electrons. The second kappa shape index (κ2) is 7.44. The molecule has 1 amide bonds. The molecule has 1 aromatic heterocycles. The summed E-state index contributed by atoms with van der Waals surface area (Å²) in [6.07, 6.45) is 6.29. The lowest BCUT2D eigenvalue weighted by atomic mass is 9.83. The average molecular weight is 390 g/mol. The van der Waals surface area contributed by atoms with Gasteiger partial charge in [0.05, 0.1) is 6.04 Å². The molecule has 4 heteroatoms. The average Bonchev–Trinajstić information content (AvgIpc) is 3.16. The Morgan fingerprint density at radius 1 is 1.07 bits per heavy atom. The maximum Gasteiger partial charge on any atom is 0.410 e. The Balaban J connectivity index is 1.38. The molecular weight excluding hydrogens is 366 g/mol. The van der Waals surface area contributed by atoms with E-state index in [-0.39, 0.29) is 18.2 Å². The van der Waals surface area contributed by atoms with Crippen LogP contribution in [0.4, 0.5) is 4.79 Å². The summed E-state index contributed by atoms with van der Waals surface area (Å²) in [5, 5.41) is 3.60. The summed E-state index contributed by atoms with van der Waals surface area (Å²) in [6, 6.07) is 18.9. The molecule has 2 aliphatic heterocycles. The van der Waals surface area contributed by atoms with Crippen LogP contribution in [0.5, 0.6) is 0 Å². The second-order valence-corrected chi connectivity index (χ2v) is 8.55. The van der Waals surface area contributed by atoms with Crippen LogP contribution in [0, 0.1) is 0 Å².